The van der Waals surface area contributed by atoms with Crippen molar-refractivity contribution < 1.29 is 19.0 Å². The van der Waals surface area contributed by atoms with E-state index in [-0.39, 0.29) is 5.91 Å². The molecule has 1 aliphatic rings. The van der Waals surface area contributed by atoms with Crippen LogP contribution in [0.2, 0.25) is 0 Å². The van der Waals surface area contributed by atoms with Crippen LogP contribution in [0.5, 0.6) is 17.2 Å². The van der Waals surface area contributed by atoms with Gasteiger partial charge in [-0.3, -0.25) is 4.79 Å². The number of nitrogens with one attached hydrogen (secondary N) is 1. The third kappa shape index (κ3) is 4.37. The molecule has 3 aromatic rings. The van der Waals surface area contributed by atoms with Crippen LogP contribution in [0.15, 0.2) is 54.7 Å². The molecule has 6 nitrogen and oxygen atoms in total. The third-order valence-corrected chi connectivity index (χ3v) is 4.83. The molecule has 1 aromatic heterocycles. The maximum absolute atomic E-state index is 12.1. The Kier molecular flexibility index (Phi) is 5.70. The van der Waals surface area contributed by atoms with Gasteiger partial charge in [-0.1, -0.05) is 18.2 Å². The zero-order valence-electron chi connectivity index (χ0n) is 16.4. The Labute approximate surface area is 169 Å². The van der Waals surface area contributed by atoms with Crippen LogP contribution in [0.4, 0.5) is 0 Å². The van der Waals surface area contributed by atoms with Crippen LogP contribution in [0, 0.1) is 0 Å². The summed E-state index contributed by atoms with van der Waals surface area (Å²) >= 11 is 0. The molecular formula is C23H24N2O4. The summed E-state index contributed by atoms with van der Waals surface area (Å²) in [6, 6.07) is 14.1. The van der Waals surface area contributed by atoms with E-state index in [9.17, 15) is 4.79 Å². The van der Waals surface area contributed by atoms with Crippen molar-refractivity contribution in [2.75, 3.05) is 26.9 Å². The third-order valence-electron chi connectivity index (χ3n) is 4.83. The molecule has 0 bridgehead atoms. The first-order valence-electron chi connectivity index (χ1n) is 9.72. The fourth-order valence-electron chi connectivity index (χ4n) is 3.42. The number of rotatable bonds is 7. The quantitative estimate of drug-likeness (QED) is 0.493. The van der Waals surface area contributed by atoms with E-state index >= 15 is 0 Å². The van der Waals surface area contributed by atoms with Crippen LogP contribution >= 0.6 is 0 Å². The van der Waals surface area contributed by atoms with Gasteiger partial charge in [-0.05, 0) is 47.7 Å². The maximum Gasteiger partial charge on any atom is 0.244 e. The fourth-order valence-corrected chi connectivity index (χ4v) is 3.42. The number of amides is 1. The Bertz CT molecular complexity index is 1020. The standard InChI is InChI=1S/C23H24N2O4/c1-27-20-15-17(16-21-23(20)29-14-13-28-21)7-8-22(26)24-10-4-11-25-12-9-18-5-2-3-6-19(18)25/h2-3,5-9,12,15-16H,4,10-11,13-14H2,1H3,(H,24,26)/b8-7+. The minimum Gasteiger partial charge on any atom is -0.493 e. The molecule has 29 heavy (non-hydrogen) atoms. The monoisotopic (exact) mass is 392 g/mol. The van der Waals surface area contributed by atoms with Crippen LogP contribution in [0.25, 0.3) is 17.0 Å². The maximum atomic E-state index is 12.1. The number of aryl methyl sites for hydroxylation is 1. The van der Waals surface area contributed by atoms with Crippen molar-refractivity contribution in [2.24, 2.45) is 0 Å². The van der Waals surface area contributed by atoms with E-state index in [0.717, 1.165) is 18.5 Å². The number of para-hydroxylation sites is 1. The number of benzene rings is 2. The molecule has 1 aliphatic heterocycles. The topological polar surface area (TPSA) is 61.7 Å². The molecule has 2 heterocycles. The zero-order chi connectivity index (χ0) is 20.1. The molecular weight excluding hydrogens is 368 g/mol. The molecule has 1 N–H and O–H groups in total. The first-order chi connectivity index (χ1) is 14.2. The molecule has 0 spiro atoms. The summed E-state index contributed by atoms with van der Waals surface area (Å²) < 4.78 is 18.8. The summed E-state index contributed by atoms with van der Waals surface area (Å²) in [7, 11) is 1.59. The van der Waals surface area contributed by atoms with Gasteiger partial charge in [0.25, 0.3) is 0 Å². The van der Waals surface area contributed by atoms with Crippen molar-refractivity contribution in [2.45, 2.75) is 13.0 Å². The summed E-state index contributed by atoms with van der Waals surface area (Å²) in [6.45, 7) is 2.47. The Morgan fingerprint density at radius 1 is 1.21 bits per heavy atom. The predicted octanol–water partition coefficient (Wildman–Crippen LogP) is 3.64. The normalized spacial score (nSPS) is 13.0. The lowest BCUT2D eigenvalue weighted by atomic mass is 10.1. The number of carbonyl (C=O) groups is 1. The van der Waals surface area contributed by atoms with Crippen LogP contribution < -0.4 is 19.5 Å². The molecule has 0 unspecified atom stereocenters. The lowest BCUT2D eigenvalue weighted by molar-refractivity contribution is -0.116. The van der Waals surface area contributed by atoms with Crippen LogP contribution in [-0.4, -0.2) is 37.3 Å². The van der Waals surface area contributed by atoms with E-state index in [0.29, 0.717) is 37.0 Å². The number of hydrogen-bond acceptors (Lipinski definition) is 4. The van der Waals surface area contributed by atoms with Gasteiger partial charge in [0, 0.05) is 30.9 Å². The fraction of sp³-hybridized carbons (Fsp3) is 0.261. The zero-order valence-corrected chi connectivity index (χ0v) is 16.4. The summed E-state index contributed by atoms with van der Waals surface area (Å²) in [4.78, 5) is 12.1. The van der Waals surface area contributed by atoms with Crippen LogP contribution in [0.3, 0.4) is 0 Å². The number of nitrogens with zero attached hydrogens (tertiary/aromatic N) is 1. The lowest BCUT2D eigenvalue weighted by Crippen LogP contribution is -2.23. The van der Waals surface area contributed by atoms with E-state index in [2.05, 4.69) is 34.3 Å². The van der Waals surface area contributed by atoms with Gasteiger partial charge < -0.3 is 24.1 Å². The first-order valence-corrected chi connectivity index (χ1v) is 9.72. The molecule has 0 saturated carbocycles. The number of fused-ring (bicyclic) bond motifs is 2. The highest BCUT2D eigenvalue weighted by atomic mass is 16.6. The number of carbonyl (C=O) groups excluding carboxylic acids is 1. The van der Waals surface area contributed by atoms with E-state index < -0.39 is 0 Å². The highest BCUT2D eigenvalue weighted by Gasteiger charge is 2.17. The number of aromatic nitrogens is 1. The SMILES string of the molecule is COc1cc(/C=C/C(=O)NCCCn2ccc3ccccc32)cc2c1OCCO2. The van der Waals surface area contributed by atoms with Gasteiger partial charge in [-0.15, -0.1) is 0 Å². The Balaban J connectivity index is 1.30. The Morgan fingerprint density at radius 3 is 2.97 bits per heavy atom. The van der Waals surface area contributed by atoms with Crippen LogP contribution in [0.1, 0.15) is 12.0 Å². The molecule has 2 aromatic carbocycles. The van der Waals surface area contributed by atoms with Crippen molar-refractivity contribution in [3.05, 3.63) is 60.3 Å². The molecule has 6 heteroatoms. The van der Waals surface area contributed by atoms with Gasteiger partial charge in [0.15, 0.2) is 11.5 Å². The molecule has 0 radical (unpaired) electrons. The summed E-state index contributed by atoms with van der Waals surface area (Å²) in [5.74, 6) is 1.71. The van der Waals surface area contributed by atoms with Gasteiger partial charge in [-0.2, -0.15) is 0 Å². The minimum absolute atomic E-state index is 0.128. The molecule has 0 fully saturated rings. The van der Waals surface area contributed by atoms with Crippen molar-refractivity contribution in [1.29, 1.82) is 0 Å². The average molecular weight is 392 g/mol. The largest absolute Gasteiger partial charge is 0.493 e. The minimum atomic E-state index is -0.128. The average Bonchev–Trinajstić information content (AvgIpc) is 3.17. The van der Waals surface area contributed by atoms with Crippen molar-refractivity contribution in [3.63, 3.8) is 0 Å². The van der Waals surface area contributed by atoms with Gasteiger partial charge in [-0.25, -0.2) is 0 Å². The number of ether oxygens (including phenoxy) is 3. The van der Waals surface area contributed by atoms with Crippen molar-refractivity contribution in [1.82, 2.24) is 9.88 Å². The van der Waals surface area contributed by atoms with Gasteiger partial charge in [0.05, 0.1) is 7.11 Å². The molecule has 0 saturated heterocycles. The first kappa shape index (κ1) is 18.9. The van der Waals surface area contributed by atoms with Gasteiger partial charge >= 0.3 is 0 Å². The second-order valence-corrected chi connectivity index (χ2v) is 6.79. The summed E-state index contributed by atoms with van der Waals surface area (Å²) in [5.41, 5.74) is 2.03. The van der Waals surface area contributed by atoms with E-state index in [4.69, 9.17) is 14.2 Å². The highest BCUT2D eigenvalue weighted by Crippen LogP contribution is 2.40. The predicted molar refractivity (Wildman–Crippen MR) is 113 cm³/mol. The molecule has 0 aliphatic carbocycles. The van der Waals surface area contributed by atoms with Gasteiger partial charge in [0.2, 0.25) is 11.7 Å². The van der Waals surface area contributed by atoms with E-state index in [1.807, 2.05) is 24.3 Å². The van der Waals surface area contributed by atoms with E-state index in [1.54, 1.807) is 13.2 Å². The van der Waals surface area contributed by atoms with Crippen molar-refractivity contribution >= 4 is 22.9 Å². The van der Waals surface area contributed by atoms with E-state index in [1.165, 1.54) is 17.0 Å². The summed E-state index contributed by atoms with van der Waals surface area (Å²) in [5, 5.41) is 4.16. The molecule has 4 rings (SSSR count). The summed E-state index contributed by atoms with van der Waals surface area (Å²) in [6.07, 6.45) is 6.21. The molecule has 150 valence electrons. The molecule has 1 amide bonds. The smallest absolute Gasteiger partial charge is 0.244 e. The number of hydrogen-bond donors (Lipinski definition) is 1. The van der Waals surface area contributed by atoms with Gasteiger partial charge in [0.1, 0.15) is 13.2 Å². The second kappa shape index (κ2) is 8.73. The lowest BCUT2D eigenvalue weighted by Gasteiger charge is -2.20. The second-order valence-electron chi connectivity index (χ2n) is 6.79. The van der Waals surface area contributed by atoms with Crippen molar-refractivity contribution in [3.8, 4) is 17.2 Å². The highest BCUT2D eigenvalue weighted by molar-refractivity contribution is 5.91. The Hall–Kier alpha value is -3.41. The van der Waals surface area contributed by atoms with Crippen LogP contribution in [-0.2, 0) is 11.3 Å². The Morgan fingerprint density at radius 2 is 2.07 bits per heavy atom. The number of methoxy groups -OCH3 is 1. The molecule has 0 atom stereocenters.